The van der Waals surface area contributed by atoms with Gasteiger partial charge in [-0.3, -0.25) is 9.59 Å². The van der Waals surface area contributed by atoms with Crippen molar-refractivity contribution in [2.45, 2.75) is 0 Å². The molecule has 152 valence electrons. The minimum atomic E-state index is -0.372. The molecule has 8 heteroatoms. The second kappa shape index (κ2) is 10.4. The molecule has 0 saturated carbocycles. The summed E-state index contributed by atoms with van der Waals surface area (Å²) >= 11 is 11.6. The smallest absolute Gasteiger partial charge is 0.271 e. The number of anilines is 1. The van der Waals surface area contributed by atoms with Crippen molar-refractivity contribution in [1.29, 1.82) is 0 Å². The molecule has 0 unspecified atom stereocenters. The van der Waals surface area contributed by atoms with Gasteiger partial charge < -0.3 is 10.1 Å². The lowest BCUT2D eigenvalue weighted by molar-refractivity contribution is -0.118. The Labute approximate surface area is 183 Å². The summed E-state index contributed by atoms with van der Waals surface area (Å²) in [4.78, 5) is 24.2. The van der Waals surface area contributed by atoms with Crippen molar-refractivity contribution in [2.24, 2.45) is 5.10 Å². The number of carbonyl (C=O) groups is 2. The zero-order chi connectivity index (χ0) is 21.3. The number of halogens is 2. The van der Waals surface area contributed by atoms with E-state index in [-0.39, 0.29) is 18.4 Å². The zero-order valence-electron chi connectivity index (χ0n) is 15.6. The molecule has 0 aliphatic rings. The molecule has 0 spiro atoms. The van der Waals surface area contributed by atoms with E-state index in [4.69, 9.17) is 27.9 Å². The van der Waals surface area contributed by atoms with Crippen molar-refractivity contribution in [3.8, 4) is 5.75 Å². The third kappa shape index (κ3) is 6.34. The summed E-state index contributed by atoms with van der Waals surface area (Å²) < 4.78 is 5.59. The maximum Gasteiger partial charge on any atom is 0.271 e. The Kier molecular flexibility index (Phi) is 7.43. The van der Waals surface area contributed by atoms with Gasteiger partial charge in [0.25, 0.3) is 11.8 Å². The van der Waals surface area contributed by atoms with Gasteiger partial charge >= 0.3 is 0 Å². The molecule has 0 aromatic heterocycles. The first-order chi connectivity index (χ1) is 14.5. The molecular weight excluding hydrogens is 425 g/mol. The van der Waals surface area contributed by atoms with Gasteiger partial charge in [-0.05, 0) is 60.7 Å². The molecule has 30 heavy (non-hydrogen) atoms. The van der Waals surface area contributed by atoms with Crippen LogP contribution in [-0.2, 0) is 4.79 Å². The number of nitrogens with zero attached hydrogens (tertiary/aromatic N) is 1. The monoisotopic (exact) mass is 441 g/mol. The average Bonchev–Trinajstić information content (AvgIpc) is 2.75. The van der Waals surface area contributed by atoms with Gasteiger partial charge in [0.15, 0.2) is 6.61 Å². The summed E-state index contributed by atoms with van der Waals surface area (Å²) in [6, 6.07) is 20.2. The molecule has 0 bridgehead atoms. The Hall–Kier alpha value is -3.35. The third-order valence-electron chi connectivity index (χ3n) is 3.88. The maximum atomic E-state index is 12.1. The number of rotatable bonds is 7. The third-order valence-corrected chi connectivity index (χ3v) is 4.39. The fraction of sp³-hybridized carbons (Fsp3) is 0.0455. The molecule has 6 nitrogen and oxygen atoms in total. The molecule has 0 radical (unpaired) electrons. The number of hydrogen-bond donors (Lipinski definition) is 2. The highest BCUT2D eigenvalue weighted by molar-refractivity contribution is 6.31. The molecule has 0 aliphatic heterocycles. The zero-order valence-corrected chi connectivity index (χ0v) is 17.2. The Balaban J connectivity index is 1.56. The second-order valence-electron chi connectivity index (χ2n) is 6.09. The molecule has 0 fully saturated rings. The van der Waals surface area contributed by atoms with E-state index in [1.54, 1.807) is 72.8 Å². The lowest BCUT2D eigenvalue weighted by atomic mass is 10.2. The van der Waals surface area contributed by atoms with Crippen LogP contribution in [0, 0.1) is 0 Å². The summed E-state index contributed by atoms with van der Waals surface area (Å²) in [6.45, 7) is -0.190. The van der Waals surface area contributed by atoms with Gasteiger partial charge in [0.2, 0.25) is 0 Å². The lowest BCUT2D eigenvalue weighted by Crippen LogP contribution is -2.20. The molecule has 3 aromatic carbocycles. The molecule has 2 amide bonds. The first-order valence-electron chi connectivity index (χ1n) is 8.87. The normalized spacial score (nSPS) is 10.6. The van der Waals surface area contributed by atoms with Crippen molar-refractivity contribution in [1.82, 2.24) is 5.43 Å². The number of para-hydroxylation sites is 1. The molecule has 0 heterocycles. The molecule has 3 aromatic rings. The quantitative estimate of drug-likeness (QED) is 0.409. The summed E-state index contributed by atoms with van der Waals surface area (Å²) in [5.41, 5.74) is 4.09. The van der Waals surface area contributed by atoms with Crippen LogP contribution in [0.4, 0.5) is 5.69 Å². The van der Waals surface area contributed by atoms with E-state index in [1.165, 1.54) is 6.21 Å². The standard InChI is InChI=1S/C22H17Cl2N3O3/c23-17-7-5-15(6-8-17)22(29)27-25-13-16-3-1-2-4-20(16)30-14-21(28)26-19-11-9-18(24)10-12-19/h1-13H,14H2,(H,26,28)(H,27,29)/b25-13+. The van der Waals surface area contributed by atoms with Crippen molar-refractivity contribution in [3.05, 3.63) is 94.0 Å². The lowest BCUT2D eigenvalue weighted by Gasteiger charge is -2.09. The van der Waals surface area contributed by atoms with E-state index in [0.29, 0.717) is 32.6 Å². The summed E-state index contributed by atoms with van der Waals surface area (Å²) in [6.07, 6.45) is 1.44. The maximum absolute atomic E-state index is 12.1. The minimum absolute atomic E-state index is 0.190. The number of nitrogens with one attached hydrogen (secondary N) is 2. The van der Waals surface area contributed by atoms with E-state index < -0.39 is 0 Å². The van der Waals surface area contributed by atoms with Gasteiger partial charge in [-0.1, -0.05) is 35.3 Å². The average molecular weight is 442 g/mol. The Morgan fingerprint density at radius 1 is 0.900 bits per heavy atom. The van der Waals surface area contributed by atoms with Crippen LogP contribution >= 0.6 is 23.2 Å². The first kappa shape index (κ1) is 21.4. The second-order valence-corrected chi connectivity index (χ2v) is 6.96. The van der Waals surface area contributed by atoms with E-state index in [1.807, 2.05) is 0 Å². The van der Waals surface area contributed by atoms with Gasteiger partial charge in [0, 0.05) is 26.9 Å². The fourth-order valence-corrected chi connectivity index (χ4v) is 2.67. The Bertz CT molecular complexity index is 1050. The van der Waals surface area contributed by atoms with E-state index in [9.17, 15) is 9.59 Å². The van der Waals surface area contributed by atoms with Crippen molar-refractivity contribution >= 4 is 46.9 Å². The largest absolute Gasteiger partial charge is 0.483 e. The summed E-state index contributed by atoms with van der Waals surface area (Å²) in [5.74, 6) is -0.239. The summed E-state index contributed by atoms with van der Waals surface area (Å²) in [5, 5.41) is 7.80. The van der Waals surface area contributed by atoms with Crippen LogP contribution in [0.3, 0.4) is 0 Å². The Morgan fingerprint density at radius 3 is 2.23 bits per heavy atom. The van der Waals surface area contributed by atoms with Gasteiger partial charge in [0.1, 0.15) is 5.75 Å². The number of hydrogen-bond acceptors (Lipinski definition) is 4. The van der Waals surface area contributed by atoms with E-state index >= 15 is 0 Å². The van der Waals surface area contributed by atoms with Crippen LogP contribution in [0.1, 0.15) is 15.9 Å². The van der Waals surface area contributed by atoms with Crippen molar-refractivity contribution in [3.63, 3.8) is 0 Å². The highest BCUT2D eigenvalue weighted by Crippen LogP contribution is 2.17. The number of amides is 2. The predicted octanol–water partition coefficient (Wildman–Crippen LogP) is 4.77. The molecule has 0 atom stereocenters. The van der Waals surface area contributed by atoms with E-state index in [0.717, 1.165) is 0 Å². The molecule has 2 N–H and O–H groups in total. The number of ether oxygens (including phenoxy) is 1. The van der Waals surface area contributed by atoms with Crippen LogP contribution in [0.15, 0.2) is 77.9 Å². The topological polar surface area (TPSA) is 79.8 Å². The van der Waals surface area contributed by atoms with E-state index in [2.05, 4.69) is 15.8 Å². The number of benzene rings is 3. The van der Waals surface area contributed by atoms with Gasteiger partial charge in [-0.25, -0.2) is 5.43 Å². The van der Waals surface area contributed by atoms with Gasteiger partial charge in [-0.15, -0.1) is 0 Å². The van der Waals surface area contributed by atoms with Crippen molar-refractivity contribution < 1.29 is 14.3 Å². The summed E-state index contributed by atoms with van der Waals surface area (Å²) in [7, 11) is 0. The molecule has 0 saturated heterocycles. The van der Waals surface area contributed by atoms with Crippen LogP contribution in [0.2, 0.25) is 10.0 Å². The predicted molar refractivity (Wildman–Crippen MR) is 119 cm³/mol. The molecular formula is C22H17Cl2N3O3. The molecule has 3 rings (SSSR count). The first-order valence-corrected chi connectivity index (χ1v) is 9.63. The Morgan fingerprint density at radius 2 is 1.53 bits per heavy atom. The number of carbonyl (C=O) groups excluding carboxylic acids is 2. The van der Waals surface area contributed by atoms with Crippen LogP contribution in [-0.4, -0.2) is 24.6 Å². The van der Waals surface area contributed by atoms with Crippen LogP contribution in [0.25, 0.3) is 0 Å². The highest BCUT2D eigenvalue weighted by atomic mass is 35.5. The highest BCUT2D eigenvalue weighted by Gasteiger charge is 2.07. The minimum Gasteiger partial charge on any atom is -0.483 e. The van der Waals surface area contributed by atoms with Crippen LogP contribution < -0.4 is 15.5 Å². The fourth-order valence-electron chi connectivity index (χ4n) is 2.42. The van der Waals surface area contributed by atoms with Crippen molar-refractivity contribution in [2.75, 3.05) is 11.9 Å². The van der Waals surface area contributed by atoms with Gasteiger partial charge in [0.05, 0.1) is 6.21 Å². The molecule has 0 aliphatic carbocycles. The van der Waals surface area contributed by atoms with Crippen LogP contribution in [0.5, 0.6) is 5.75 Å². The SMILES string of the molecule is O=C(COc1ccccc1/C=N/NC(=O)c1ccc(Cl)cc1)Nc1ccc(Cl)cc1. The van der Waals surface area contributed by atoms with Gasteiger partial charge in [-0.2, -0.15) is 5.10 Å². The number of hydrazone groups is 1.